The highest BCUT2D eigenvalue weighted by molar-refractivity contribution is 6.30. The number of ether oxygens (including phenoxy) is 2. The second-order valence-corrected chi connectivity index (χ2v) is 9.00. The fourth-order valence-electron chi connectivity index (χ4n) is 4.23. The summed E-state index contributed by atoms with van der Waals surface area (Å²) in [6, 6.07) is 27.3. The van der Waals surface area contributed by atoms with E-state index in [4.69, 9.17) is 21.1 Å². The van der Waals surface area contributed by atoms with Gasteiger partial charge in [-0.1, -0.05) is 48.0 Å². The number of methoxy groups -OCH3 is 1. The first-order chi connectivity index (χ1) is 18.5. The number of benzene rings is 4. The van der Waals surface area contributed by atoms with Crippen molar-refractivity contribution < 1.29 is 14.3 Å². The Kier molecular flexibility index (Phi) is 7.38. The molecule has 5 aromatic rings. The smallest absolute Gasteiger partial charge is 0.260 e. The van der Waals surface area contributed by atoms with Gasteiger partial charge in [0.1, 0.15) is 13.2 Å². The molecular formula is C30H24ClN3O4. The summed E-state index contributed by atoms with van der Waals surface area (Å²) in [6.07, 6.45) is 1.53. The number of para-hydroxylation sites is 2. The first kappa shape index (κ1) is 25.0. The van der Waals surface area contributed by atoms with Crippen molar-refractivity contribution in [1.82, 2.24) is 9.99 Å². The number of pyridine rings is 1. The molecule has 1 heterocycles. The summed E-state index contributed by atoms with van der Waals surface area (Å²) in [4.78, 5) is 25.7. The first-order valence-corrected chi connectivity index (χ1v) is 12.3. The number of hydrogen-bond acceptors (Lipinski definition) is 5. The summed E-state index contributed by atoms with van der Waals surface area (Å²) in [5.74, 6) is 0.802. The van der Waals surface area contributed by atoms with Crippen LogP contribution in [-0.4, -0.2) is 23.8 Å². The largest absolute Gasteiger partial charge is 0.493 e. The molecule has 0 unspecified atom stereocenters. The molecule has 0 aliphatic heterocycles. The lowest BCUT2D eigenvalue weighted by molar-refractivity contribution is -0.121. The minimum atomic E-state index is -0.324. The molecule has 38 heavy (non-hydrogen) atoms. The van der Waals surface area contributed by atoms with Crippen LogP contribution in [0.15, 0.2) is 101 Å². The molecule has 0 aliphatic rings. The number of fused-ring (bicyclic) bond motifs is 2. The molecule has 190 valence electrons. The summed E-state index contributed by atoms with van der Waals surface area (Å²) < 4.78 is 13.2. The van der Waals surface area contributed by atoms with Gasteiger partial charge in [0, 0.05) is 15.8 Å². The summed E-state index contributed by atoms with van der Waals surface area (Å²) in [5.41, 5.74) is 5.60. The zero-order chi connectivity index (χ0) is 26.5. The number of aromatic nitrogens is 1. The Balaban J connectivity index is 1.29. The molecule has 0 saturated carbocycles. The van der Waals surface area contributed by atoms with Crippen LogP contribution in [0.1, 0.15) is 11.1 Å². The van der Waals surface area contributed by atoms with E-state index in [0.717, 1.165) is 11.1 Å². The van der Waals surface area contributed by atoms with Crippen LogP contribution in [0.25, 0.3) is 21.8 Å². The second kappa shape index (κ2) is 11.2. The van der Waals surface area contributed by atoms with Gasteiger partial charge >= 0.3 is 0 Å². The van der Waals surface area contributed by atoms with Gasteiger partial charge in [0.15, 0.2) is 16.9 Å². The predicted octanol–water partition coefficient (Wildman–Crippen LogP) is 5.55. The molecule has 0 radical (unpaired) electrons. The molecule has 1 amide bonds. The fraction of sp³-hybridized carbons (Fsp3) is 0.100. The normalized spacial score (nSPS) is 11.2. The number of amides is 1. The van der Waals surface area contributed by atoms with Crippen molar-refractivity contribution in [2.24, 2.45) is 5.10 Å². The standard InChI is InChI=1S/C30H24ClN3O4/c1-37-28-16-21(12-15-27(28)38-19-20-10-13-22(31)14-11-20)17-32-33-29(35)18-34-25-8-4-2-6-23(25)30(36)24-7-3-5-9-26(24)34/h2-17H,18-19H2,1H3,(H,33,35). The van der Waals surface area contributed by atoms with E-state index in [1.807, 2.05) is 71.3 Å². The van der Waals surface area contributed by atoms with Gasteiger partial charge in [0.2, 0.25) is 0 Å². The van der Waals surface area contributed by atoms with Crippen LogP contribution in [0.4, 0.5) is 0 Å². The molecule has 0 atom stereocenters. The lowest BCUT2D eigenvalue weighted by Crippen LogP contribution is -2.25. The second-order valence-electron chi connectivity index (χ2n) is 8.57. The third kappa shape index (κ3) is 5.38. The maximum atomic E-state index is 12.9. The average molecular weight is 526 g/mol. The van der Waals surface area contributed by atoms with E-state index in [1.165, 1.54) is 6.21 Å². The van der Waals surface area contributed by atoms with Gasteiger partial charge < -0.3 is 14.0 Å². The van der Waals surface area contributed by atoms with Gasteiger partial charge in [-0.25, -0.2) is 5.43 Å². The molecule has 1 aromatic heterocycles. The Morgan fingerprint density at radius 2 is 1.58 bits per heavy atom. The van der Waals surface area contributed by atoms with Crippen LogP contribution in [0, 0.1) is 0 Å². The van der Waals surface area contributed by atoms with Crippen LogP contribution in [-0.2, 0) is 17.9 Å². The number of carbonyl (C=O) groups is 1. The van der Waals surface area contributed by atoms with Crippen molar-refractivity contribution in [3.05, 3.63) is 117 Å². The maximum Gasteiger partial charge on any atom is 0.260 e. The Morgan fingerprint density at radius 3 is 2.24 bits per heavy atom. The number of carbonyl (C=O) groups excluding carboxylic acids is 1. The van der Waals surface area contributed by atoms with Crippen molar-refractivity contribution in [3.8, 4) is 11.5 Å². The first-order valence-electron chi connectivity index (χ1n) is 11.9. The van der Waals surface area contributed by atoms with Crippen LogP contribution < -0.4 is 20.3 Å². The quantitative estimate of drug-likeness (QED) is 0.164. The van der Waals surface area contributed by atoms with Gasteiger partial charge in [0.25, 0.3) is 5.91 Å². The molecule has 0 saturated heterocycles. The van der Waals surface area contributed by atoms with E-state index in [1.54, 1.807) is 31.4 Å². The molecule has 0 fully saturated rings. The van der Waals surface area contributed by atoms with Gasteiger partial charge in [0.05, 0.1) is 24.4 Å². The maximum absolute atomic E-state index is 12.9. The summed E-state index contributed by atoms with van der Waals surface area (Å²) >= 11 is 5.94. The van der Waals surface area contributed by atoms with Crippen molar-refractivity contribution in [1.29, 1.82) is 0 Å². The number of nitrogens with zero attached hydrogens (tertiary/aromatic N) is 2. The molecule has 0 aliphatic carbocycles. The van der Waals surface area contributed by atoms with E-state index < -0.39 is 0 Å². The summed E-state index contributed by atoms with van der Waals surface area (Å²) in [7, 11) is 1.56. The molecule has 1 N–H and O–H groups in total. The van der Waals surface area contributed by atoms with E-state index in [2.05, 4.69) is 10.5 Å². The molecule has 8 heteroatoms. The monoisotopic (exact) mass is 525 g/mol. The molecule has 0 bridgehead atoms. The average Bonchev–Trinajstić information content (AvgIpc) is 2.95. The molecular weight excluding hydrogens is 502 g/mol. The van der Waals surface area contributed by atoms with E-state index in [0.29, 0.717) is 44.9 Å². The molecule has 0 spiro atoms. The number of hydrogen-bond donors (Lipinski definition) is 1. The Morgan fingerprint density at radius 1 is 0.921 bits per heavy atom. The SMILES string of the molecule is COc1cc(C=NNC(=O)Cn2c3ccccc3c(=O)c3ccccc32)ccc1OCc1ccc(Cl)cc1. The van der Waals surface area contributed by atoms with Gasteiger partial charge in [-0.2, -0.15) is 5.10 Å². The fourth-order valence-corrected chi connectivity index (χ4v) is 4.36. The minimum absolute atomic E-state index is 0.000552. The molecule has 7 nitrogen and oxygen atoms in total. The zero-order valence-electron chi connectivity index (χ0n) is 20.6. The summed E-state index contributed by atoms with van der Waals surface area (Å²) in [5, 5.41) is 5.91. The lowest BCUT2D eigenvalue weighted by Gasteiger charge is -2.14. The third-order valence-electron chi connectivity index (χ3n) is 6.08. The van der Waals surface area contributed by atoms with Crippen molar-refractivity contribution in [2.45, 2.75) is 13.2 Å². The lowest BCUT2D eigenvalue weighted by atomic mass is 10.1. The molecule has 5 rings (SSSR count). The van der Waals surface area contributed by atoms with E-state index in [-0.39, 0.29) is 17.9 Å². The van der Waals surface area contributed by atoms with Crippen LogP contribution in [0.2, 0.25) is 5.02 Å². The predicted molar refractivity (Wildman–Crippen MR) is 150 cm³/mol. The van der Waals surface area contributed by atoms with E-state index in [9.17, 15) is 9.59 Å². The van der Waals surface area contributed by atoms with Gasteiger partial charge in [-0.05, 0) is 65.7 Å². The highest BCUT2D eigenvalue weighted by Gasteiger charge is 2.12. The van der Waals surface area contributed by atoms with Crippen LogP contribution >= 0.6 is 11.6 Å². The Bertz CT molecular complexity index is 1650. The van der Waals surface area contributed by atoms with Crippen molar-refractivity contribution in [2.75, 3.05) is 7.11 Å². The van der Waals surface area contributed by atoms with Gasteiger partial charge in [-0.15, -0.1) is 0 Å². The number of nitrogens with one attached hydrogen (secondary N) is 1. The van der Waals surface area contributed by atoms with Crippen LogP contribution in [0.3, 0.4) is 0 Å². The highest BCUT2D eigenvalue weighted by Crippen LogP contribution is 2.28. The van der Waals surface area contributed by atoms with Gasteiger partial charge in [-0.3, -0.25) is 9.59 Å². The third-order valence-corrected chi connectivity index (χ3v) is 6.33. The highest BCUT2D eigenvalue weighted by atomic mass is 35.5. The topological polar surface area (TPSA) is 81.9 Å². The number of rotatable bonds is 8. The van der Waals surface area contributed by atoms with Crippen molar-refractivity contribution in [3.63, 3.8) is 0 Å². The summed E-state index contributed by atoms with van der Waals surface area (Å²) in [6.45, 7) is 0.366. The number of hydrazone groups is 1. The molecule has 4 aromatic carbocycles. The van der Waals surface area contributed by atoms with E-state index >= 15 is 0 Å². The Hall–Kier alpha value is -4.62. The number of halogens is 1. The Labute approximate surface area is 223 Å². The van der Waals surface area contributed by atoms with Crippen molar-refractivity contribution >= 4 is 45.5 Å². The zero-order valence-corrected chi connectivity index (χ0v) is 21.3. The van der Waals surface area contributed by atoms with Crippen LogP contribution in [0.5, 0.6) is 11.5 Å². The minimum Gasteiger partial charge on any atom is -0.493 e.